The zero-order chi connectivity index (χ0) is 27.0. The van der Waals surface area contributed by atoms with Gasteiger partial charge in [-0.05, 0) is 72.6 Å². The molecule has 0 atom stereocenters. The molecule has 0 amide bonds. The highest BCUT2D eigenvalue weighted by atomic mass is 79.9. The van der Waals surface area contributed by atoms with Crippen LogP contribution in [0.4, 0.5) is 5.69 Å². The number of phenolic OH excluding ortho intramolecular Hbond substituents is 1. The summed E-state index contributed by atoms with van der Waals surface area (Å²) in [6.07, 6.45) is 0. The number of fused-ring (bicyclic) bond motifs is 1. The minimum absolute atomic E-state index is 0.163. The fraction of sp³-hybridized carbons (Fsp3) is 0.300. The molecule has 1 saturated heterocycles. The van der Waals surface area contributed by atoms with Gasteiger partial charge in [-0.2, -0.15) is 0 Å². The average Bonchev–Trinajstić information content (AvgIpc) is 3.19. The summed E-state index contributed by atoms with van der Waals surface area (Å²) in [5.74, 6) is -0.216. The van der Waals surface area contributed by atoms with Crippen LogP contribution in [0.3, 0.4) is 0 Å². The molecule has 5 rings (SSSR count). The second kappa shape index (κ2) is 11.1. The van der Waals surface area contributed by atoms with Gasteiger partial charge in [-0.3, -0.25) is 4.90 Å². The molecule has 2 heterocycles. The van der Waals surface area contributed by atoms with Gasteiger partial charge < -0.3 is 19.3 Å². The Morgan fingerprint density at radius 2 is 1.74 bits per heavy atom. The van der Waals surface area contributed by atoms with Crippen LogP contribution in [-0.2, 0) is 11.3 Å². The van der Waals surface area contributed by atoms with Gasteiger partial charge in [0.2, 0.25) is 0 Å². The quantitative estimate of drug-likeness (QED) is 0.231. The number of phenols is 1. The van der Waals surface area contributed by atoms with Crippen LogP contribution in [0.5, 0.6) is 5.75 Å². The van der Waals surface area contributed by atoms with Crippen molar-refractivity contribution in [1.82, 2.24) is 9.47 Å². The van der Waals surface area contributed by atoms with Crippen LogP contribution in [0.15, 0.2) is 63.5 Å². The van der Waals surface area contributed by atoms with E-state index >= 15 is 0 Å². The standard InChI is InChI=1S/C30H31Br2N3O3/c1-4-38-30(37)27-20(3)35(22-10-7-9-21(31)16-22)26-17-24(32)29(36)23(28(26)27)18-33-12-14-34(15-13-33)25-11-6-5-8-19(25)2/h5-11,16-17,36H,4,12-15,18H2,1-3H3. The van der Waals surface area contributed by atoms with Crippen molar-refractivity contribution in [1.29, 1.82) is 0 Å². The summed E-state index contributed by atoms with van der Waals surface area (Å²) in [7, 11) is 0. The monoisotopic (exact) mass is 639 g/mol. The first-order valence-electron chi connectivity index (χ1n) is 12.8. The van der Waals surface area contributed by atoms with Crippen LogP contribution in [-0.4, -0.2) is 53.3 Å². The van der Waals surface area contributed by atoms with Crippen molar-refractivity contribution in [2.24, 2.45) is 0 Å². The lowest BCUT2D eigenvalue weighted by Crippen LogP contribution is -2.46. The van der Waals surface area contributed by atoms with E-state index < -0.39 is 0 Å². The van der Waals surface area contributed by atoms with E-state index in [1.807, 2.05) is 44.2 Å². The number of carbonyl (C=O) groups excluding carboxylic acids is 1. The largest absolute Gasteiger partial charge is 0.506 e. The third-order valence-corrected chi connectivity index (χ3v) is 8.38. The Balaban J connectivity index is 1.57. The first-order chi connectivity index (χ1) is 18.3. The van der Waals surface area contributed by atoms with Gasteiger partial charge in [-0.25, -0.2) is 4.79 Å². The normalized spacial score (nSPS) is 14.3. The second-order valence-corrected chi connectivity index (χ2v) is 11.4. The van der Waals surface area contributed by atoms with E-state index in [1.54, 1.807) is 0 Å². The van der Waals surface area contributed by atoms with Gasteiger partial charge in [0.1, 0.15) is 5.75 Å². The number of carbonyl (C=O) groups is 1. The van der Waals surface area contributed by atoms with Crippen LogP contribution in [0.25, 0.3) is 16.6 Å². The smallest absolute Gasteiger partial charge is 0.340 e. The number of esters is 1. The lowest BCUT2D eigenvalue weighted by molar-refractivity contribution is 0.0527. The molecule has 4 aromatic rings. The number of ether oxygens (including phenoxy) is 1. The summed E-state index contributed by atoms with van der Waals surface area (Å²) in [5, 5.41) is 12.0. The predicted molar refractivity (Wildman–Crippen MR) is 160 cm³/mol. The maximum atomic E-state index is 13.3. The number of hydrogen-bond acceptors (Lipinski definition) is 5. The summed E-state index contributed by atoms with van der Waals surface area (Å²) in [4.78, 5) is 18.1. The Kier molecular flexibility index (Phi) is 7.84. The maximum absolute atomic E-state index is 13.3. The molecule has 8 heteroatoms. The van der Waals surface area contributed by atoms with Crippen LogP contribution in [0, 0.1) is 13.8 Å². The number of aryl methyl sites for hydroxylation is 1. The Bertz CT molecular complexity index is 1510. The van der Waals surface area contributed by atoms with Crippen molar-refractivity contribution in [3.63, 3.8) is 0 Å². The number of rotatable bonds is 6. The molecule has 0 unspecified atom stereocenters. The Hall–Kier alpha value is -2.81. The van der Waals surface area contributed by atoms with Crippen molar-refractivity contribution in [3.05, 3.63) is 85.9 Å². The molecule has 0 aliphatic carbocycles. The summed E-state index contributed by atoms with van der Waals surface area (Å²) in [6.45, 7) is 10.2. The molecule has 38 heavy (non-hydrogen) atoms. The van der Waals surface area contributed by atoms with E-state index in [2.05, 4.69) is 77.4 Å². The topological polar surface area (TPSA) is 57.9 Å². The van der Waals surface area contributed by atoms with E-state index in [9.17, 15) is 9.90 Å². The zero-order valence-corrected chi connectivity index (χ0v) is 25.0. The molecule has 1 aliphatic rings. The zero-order valence-electron chi connectivity index (χ0n) is 21.8. The van der Waals surface area contributed by atoms with E-state index in [0.29, 0.717) is 16.6 Å². The van der Waals surface area contributed by atoms with Crippen molar-refractivity contribution in [3.8, 4) is 11.4 Å². The van der Waals surface area contributed by atoms with Crippen LogP contribution in [0.1, 0.15) is 34.1 Å². The van der Waals surface area contributed by atoms with Crippen LogP contribution in [0.2, 0.25) is 0 Å². The third kappa shape index (κ3) is 4.97. The van der Waals surface area contributed by atoms with Crippen LogP contribution < -0.4 is 4.90 Å². The SMILES string of the molecule is CCOC(=O)c1c(C)n(-c2cccc(Br)c2)c2cc(Br)c(O)c(CN3CCN(c4ccccc4C)CC3)c12. The van der Waals surface area contributed by atoms with Gasteiger partial charge in [-0.15, -0.1) is 0 Å². The molecule has 0 saturated carbocycles. The molecule has 1 aliphatic heterocycles. The first-order valence-corrected chi connectivity index (χ1v) is 14.4. The Morgan fingerprint density at radius 1 is 1.00 bits per heavy atom. The van der Waals surface area contributed by atoms with Gasteiger partial charge in [0.05, 0.1) is 22.2 Å². The molecule has 0 radical (unpaired) electrons. The van der Waals surface area contributed by atoms with Gasteiger partial charge in [-0.1, -0.05) is 40.2 Å². The fourth-order valence-electron chi connectivity index (χ4n) is 5.45. The summed E-state index contributed by atoms with van der Waals surface area (Å²) in [6, 6.07) is 18.3. The number of anilines is 1. The number of nitrogens with zero attached hydrogens (tertiary/aromatic N) is 3. The van der Waals surface area contributed by atoms with E-state index in [-0.39, 0.29) is 18.3 Å². The molecule has 198 valence electrons. The highest BCUT2D eigenvalue weighted by Crippen LogP contribution is 2.41. The molecular formula is C30H31Br2N3O3. The van der Waals surface area contributed by atoms with Crippen molar-refractivity contribution in [2.45, 2.75) is 27.3 Å². The number of hydrogen-bond donors (Lipinski definition) is 1. The molecule has 0 spiro atoms. The lowest BCUT2D eigenvalue weighted by Gasteiger charge is -2.37. The summed E-state index contributed by atoms with van der Waals surface area (Å²) in [5.41, 5.74) is 6.33. The Morgan fingerprint density at radius 3 is 2.42 bits per heavy atom. The van der Waals surface area contributed by atoms with E-state index in [1.165, 1.54) is 11.3 Å². The predicted octanol–water partition coefficient (Wildman–Crippen LogP) is 6.98. The minimum atomic E-state index is -0.379. The minimum Gasteiger partial charge on any atom is -0.506 e. The van der Waals surface area contributed by atoms with Gasteiger partial charge in [0, 0.05) is 65.2 Å². The fourth-order valence-corrected chi connectivity index (χ4v) is 6.29. The average molecular weight is 641 g/mol. The second-order valence-electron chi connectivity index (χ2n) is 9.63. The molecule has 6 nitrogen and oxygen atoms in total. The molecule has 1 fully saturated rings. The van der Waals surface area contributed by atoms with E-state index in [4.69, 9.17) is 4.74 Å². The number of benzene rings is 3. The molecule has 3 aromatic carbocycles. The maximum Gasteiger partial charge on any atom is 0.340 e. The first kappa shape index (κ1) is 26.8. The van der Waals surface area contributed by atoms with Crippen molar-refractivity contribution in [2.75, 3.05) is 37.7 Å². The van der Waals surface area contributed by atoms with Crippen molar-refractivity contribution < 1.29 is 14.6 Å². The summed E-state index contributed by atoms with van der Waals surface area (Å²) >= 11 is 7.16. The molecule has 0 bridgehead atoms. The van der Waals surface area contributed by atoms with Gasteiger partial charge in [0.25, 0.3) is 0 Å². The molecule has 1 N–H and O–H groups in total. The summed E-state index contributed by atoms with van der Waals surface area (Å²) < 4.78 is 9.11. The number of piperazine rings is 1. The lowest BCUT2D eigenvalue weighted by atomic mass is 10.0. The molecule has 1 aromatic heterocycles. The highest BCUT2D eigenvalue weighted by molar-refractivity contribution is 9.10. The number of aromatic hydroxyl groups is 1. The van der Waals surface area contributed by atoms with Crippen LogP contribution >= 0.6 is 31.9 Å². The number of para-hydroxylation sites is 1. The third-order valence-electron chi connectivity index (χ3n) is 7.28. The van der Waals surface area contributed by atoms with Crippen molar-refractivity contribution >= 4 is 54.4 Å². The van der Waals surface area contributed by atoms with Gasteiger partial charge in [0.15, 0.2) is 0 Å². The van der Waals surface area contributed by atoms with Gasteiger partial charge >= 0.3 is 5.97 Å². The number of aromatic nitrogens is 1. The Labute approximate surface area is 240 Å². The highest BCUT2D eigenvalue weighted by Gasteiger charge is 2.29. The molecular weight excluding hydrogens is 610 g/mol. The van der Waals surface area contributed by atoms with E-state index in [0.717, 1.165) is 58.5 Å². The number of halogens is 2.